The molecule has 1 heterocycles. The quantitative estimate of drug-likeness (QED) is 0.733. The number of ether oxygens (including phenoxy) is 1. The first-order chi connectivity index (χ1) is 10.5. The maximum atomic E-state index is 14.4. The van der Waals surface area contributed by atoms with Gasteiger partial charge in [-0.15, -0.1) is 0 Å². The zero-order chi connectivity index (χ0) is 17.4. The second-order valence-corrected chi connectivity index (χ2v) is 6.72. The lowest BCUT2D eigenvalue weighted by atomic mass is 9.96. The standard InChI is InChI=1S/C16H17ClF3NO2/c1-15(2,3)23-14(22)21-7-6-11(16(19,20)9-21)10-4-5-12(17)13(18)8-10/h4-6,8H,7,9H2,1-3H3. The van der Waals surface area contributed by atoms with Crippen molar-refractivity contribution in [3.8, 4) is 0 Å². The molecule has 0 saturated carbocycles. The van der Waals surface area contributed by atoms with Gasteiger partial charge in [-0.2, -0.15) is 8.78 Å². The number of benzene rings is 1. The first-order valence-corrected chi connectivity index (χ1v) is 7.39. The summed E-state index contributed by atoms with van der Waals surface area (Å²) in [5, 5.41) is -0.135. The van der Waals surface area contributed by atoms with Crippen molar-refractivity contribution < 1.29 is 22.7 Å². The number of rotatable bonds is 1. The summed E-state index contributed by atoms with van der Waals surface area (Å²) in [4.78, 5) is 12.8. The van der Waals surface area contributed by atoms with E-state index in [0.29, 0.717) is 0 Å². The number of carbonyl (C=O) groups excluding carboxylic acids is 1. The van der Waals surface area contributed by atoms with Crippen molar-refractivity contribution in [2.75, 3.05) is 13.1 Å². The maximum Gasteiger partial charge on any atom is 0.410 e. The van der Waals surface area contributed by atoms with E-state index in [1.54, 1.807) is 20.8 Å². The van der Waals surface area contributed by atoms with Crippen LogP contribution in [-0.2, 0) is 4.74 Å². The molecule has 0 aromatic heterocycles. The van der Waals surface area contributed by atoms with Gasteiger partial charge < -0.3 is 4.74 Å². The Morgan fingerprint density at radius 3 is 2.52 bits per heavy atom. The van der Waals surface area contributed by atoms with Crippen LogP contribution in [0.2, 0.25) is 5.02 Å². The SMILES string of the molecule is CC(C)(C)OC(=O)N1CC=C(c2ccc(Cl)c(F)c2)C(F)(F)C1. The van der Waals surface area contributed by atoms with E-state index in [4.69, 9.17) is 16.3 Å². The fraction of sp³-hybridized carbons (Fsp3) is 0.438. The molecule has 0 bridgehead atoms. The van der Waals surface area contributed by atoms with E-state index in [0.717, 1.165) is 11.0 Å². The summed E-state index contributed by atoms with van der Waals surface area (Å²) in [6.45, 7) is 4.11. The molecule has 7 heteroatoms. The molecule has 0 spiro atoms. The normalized spacial score (nSPS) is 17.7. The molecule has 1 aliphatic rings. The Bertz CT molecular complexity index is 653. The fourth-order valence-corrected chi connectivity index (χ4v) is 2.32. The number of nitrogens with zero attached hydrogens (tertiary/aromatic N) is 1. The second-order valence-electron chi connectivity index (χ2n) is 6.31. The molecule has 1 aromatic carbocycles. The van der Waals surface area contributed by atoms with Crippen LogP contribution in [0.1, 0.15) is 26.3 Å². The third kappa shape index (κ3) is 4.19. The van der Waals surface area contributed by atoms with E-state index in [9.17, 15) is 18.0 Å². The number of hydrogen-bond acceptors (Lipinski definition) is 2. The minimum atomic E-state index is -3.31. The summed E-state index contributed by atoms with van der Waals surface area (Å²) in [6, 6.07) is 3.52. The molecule has 0 fully saturated rings. The van der Waals surface area contributed by atoms with E-state index in [1.165, 1.54) is 18.2 Å². The predicted octanol–water partition coefficient (Wildman–Crippen LogP) is 4.75. The van der Waals surface area contributed by atoms with Crippen molar-refractivity contribution in [3.63, 3.8) is 0 Å². The van der Waals surface area contributed by atoms with Gasteiger partial charge in [0.05, 0.1) is 11.6 Å². The second kappa shape index (κ2) is 6.07. The van der Waals surface area contributed by atoms with Gasteiger partial charge in [-0.3, -0.25) is 4.90 Å². The van der Waals surface area contributed by atoms with Gasteiger partial charge in [0.2, 0.25) is 0 Å². The molecule has 0 N–H and O–H groups in total. The van der Waals surface area contributed by atoms with E-state index < -0.39 is 30.0 Å². The largest absolute Gasteiger partial charge is 0.444 e. The van der Waals surface area contributed by atoms with E-state index >= 15 is 0 Å². The van der Waals surface area contributed by atoms with E-state index in [1.807, 2.05) is 0 Å². The molecule has 0 radical (unpaired) electrons. The van der Waals surface area contributed by atoms with Crippen molar-refractivity contribution in [2.24, 2.45) is 0 Å². The molecule has 0 atom stereocenters. The Kier molecular flexibility index (Phi) is 4.66. The smallest absolute Gasteiger partial charge is 0.410 e. The molecular formula is C16H17ClF3NO2. The number of halogens is 4. The van der Waals surface area contributed by atoms with Crippen molar-refractivity contribution in [1.29, 1.82) is 0 Å². The summed E-state index contributed by atoms with van der Waals surface area (Å²) in [5.41, 5.74) is -1.05. The van der Waals surface area contributed by atoms with Crippen LogP contribution >= 0.6 is 11.6 Å². The van der Waals surface area contributed by atoms with E-state index in [2.05, 4.69) is 0 Å². The van der Waals surface area contributed by atoms with Crippen LogP contribution in [0.5, 0.6) is 0 Å². The van der Waals surface area contributed by atoms with Gasteiger partial charge in [0.15, 0.2) is 0 Å². The monoisotopic (exact) mass is 347 g/mol. The number of alkyl halides is 2. The molecule has 3 nitrogen and oxygen atoms in total. The fourth-order valence-electron chi connectivity index (χ4n) is 2.20. The molecular weight excluding hydrogens is 331 g/mol. The van der Waals surface area contributed by atoms with Crippen molar-refractivity contribution in [3.05, 3.63) is 40.7 Å². The molecule has 0 unspecified atom stereocenters. The summed E-state index contributed by atoms with van der Waals surface area (Å²) in [5.74, 6) is -4.08. The molecule has 126 valence electrons. The minimum Gasteiger partial charge on any atom is -0.444 e. The van der Waals surface area contributed by atoms with Crippen LogP contribution in [0, 0.1) is 5.82 Å². The average molecular weight is 348 g/mol. The molecule has 1 amide bonds. The highest BCUT2D eigenvalue weighted by molar-refractivity contribution is 6.30. The Morgan fingerprint density at radius 2 is 2.00 bits per heavy atom. The maximum absolute atomic E-state index is 14.4. The third-order valence-electron chi connectivity index (χ3n) is 3.18. The highest BCUT2D eigenvalue weighted by Gasteiger charge is 2.42. The molecule has 1 aliphatic heterocycles. The topological polar surface area (TPSA) is 29.5 Å². The molecule has 23 heavy (non-hydrogen) atoms. The third-order valence-corrected chi connectivity index (χ3v) is 3.49. The van der Waals surface area contributed by atoms with Crippen LogP contribution in [0.25, 0.3) is 5.57 Å². The molecule has 0 aliphatic carbocycles. The zero-order valence-electron chi connectivity index (χ0n) is 13.0. The van der Waals surface area contributed by atoms with Crippen LogP contribution in [0.4, 0.5) is 18.0 Å². The number of amides is 1. The van der Waals surface area contributed by atoms with Gasteiger partial charge >= 0.3 is 6.09 Å². The summed E-state index contributed by atoms with van der Waals surface area (Å²) in [7, 11) is 0. The summed E-state index contributed by atoms with van der Waals surface area (Å²) in [6.07, 6.45) is 0.394. The lowest BCUT2D eigenvalue weighted by molar-refractivity contribution is -0.0105. The Morgan fingerprint density at radius 1 is 1.35 bits per heavy atom. The van der Waals surface area contributed by atoms with E-state index in [-0.39, 0.29) is 22.7 Å². The summed E-state index contributed by atoms with van der Waals surface area (Å²) < 4.78 is 47.3. The van der Waals surface area contributed by atoms with Gasteiger partial charge in [-0.1, -0.05) is 23.7 Å². The lowest BCUT2D eigenvalue weighted by Crippen LogP contribution is -2.46. The van der Waals surface area contributed by atoms with Crippen molar-refractivity contribution in [1.82, 2.24) is 4.90 Å². The average Bonchev–Trinajstić information content (AvgIpc) is 2.39. The highest BCUT2D eigenvalue weighted by atomic mass is 35.5. The van der Waals surface area contributed by atoms with Crippen LogP contribution in [0.3, 0.4) is 0 Å². The van der Waals surface area contributed by atoms with Gasteiger partial charge in [-0.25, -0.2) is 9.18 Å². The van der Waals surface area contributed by atoms with Crippen LogP contribution < -0.4 is 0 Å². The minimum absolute atomic E-state index is 0.0376. The van der Waals surface area contributed by atoms with Crippen molar-refractivity contribution in [2.45, 2.75) is 32.3 Å². The molecule has 2 rings (SSSR count). The van der Waals surface area contributed by atoms with Gasteiger partial charge in [0.1, 0.15) is 11.4 Å². The number of carbonyl (C=O) groups is 1. The van der Waals surface area contributed by atoms with Crippen LogP contribution in [0.15, 0.2) is 24.3 Å². The molecule has 0 saturated heterocycles. The van der Waals surface area contributed by atoms with Gasteiger partial charge in [0, 0.05) is 12.1 Å². The predicted molar refractivity (Wildman–Crippen MR) is 82.1 cm³/mol. The Balaban J connectivity index is 2.24. The van der Waals surface area contributed by atoms with Crippen molar-refractivity contribution >= 4 is 23.3 Å². The first kappa shape index (κ1) is 17.7. The molecule has 1 aromatic rings. The van der Waals surface area contributed by atoms with Crippen LogP contribution in [-0.4, -0.2) is 35.6 Å². The summed E-state index contributed by atoms with van der Waals surface area (Å²) >= 11 is 5.57. The van der Waals surface area contributed by atoms with Gasteiger partial charge in [-0.05, 0) is 38.5 Å². The Labute approximate surface area is 137 Å². The zero-order valence-corrected chi connectivity index (χ0v) is 13.8. The first-order valence-electron chi connectivity index (χ1n) is 7.01. The lowest BCUT2D eigenvalue weighted by Gasteiger charge is -2.34. The number of hydrogen-bond donors (Lipinski definition) is 0. The Hall–Kier alpha value is -1.69. The van der Waals surface area contributed by atoms with Gasteiger partial charge in [0.25, 0.3) is 5.92 Å². The highest BCUT2D eigenvalue weighted by Crippen LogP contribution is 2.37.